The molecule has 4 aromatic rings. The summed E-state index contributed by atoms with van der Waals surface area (Å²) in [5.74, 6) is -0.776. The van der Waals surface area contributed by atoms with E-state index in [0.29, 0.717) is 48.0 Å². The molecule has 1 saturated heterocycles. The van der Waals surface area contributed by atoms with Crippen LogP contribution >= 0.6 is 11.6 Å². The first-order valence-electron chi connectivity index (χ1n) is 13.5. The molecule has 10 heteroatoms. The predicted octanol–water partition coefficient (Wildman–Crippen LogP) is 5.43. The molecule has 1 aliphatic heterocycles. The highest BCUT2D eigenvalue weighted by Crippen LogP contribution is 2.36. The van der Waals surface area contributed by atoms with E-state index in [4.69, 9.17) is 11.6 Å². The van der Waals surface area contributed by atoms with Gasteiger partial charge in [-0.05, 0) is 61.7 Å². The number of benzene rings is 2. The summed E-state index contributed by atoms with van der Waals surface area (Å²) in [5, 5.41) is 11.2. The first-order valence-corrected chi connectivity index (χ1v) is 13.9. The van der Waals surface area contributed by atoms with Crippen molar-refractivity contribution in [2.24, 2.45) is 0 Å². The molecule has 0 saturated carbocycles. The summed E-state index contributed by atoms with van der Waals surface area (Å²) < 4.78 is 17.3. The van der Waals surface area contributed by atoms with Gasteiger partial charge in [0.1, 0.15) is 17.3 Å². The molecule has 212 valence electrons. The number of carbonyl (C=O) groups is 1. The summed E-state index contributed by atoms with van der Waals surface area (Å²) in [6.45, 7) is 10.6. The molecule has 0 spiro atoms. The number of anilines is 1. The topological polar surface area (TPSA) is 91.6 Å². The standard InChI is InChI=1S/C31H31ClFN5O3/c1-5-8-20-10-7-9-18(3)28(20)38-30-23(16-24(33)27(34-30)22-15-21(32)11-12-25(22)39)29(35-31(38)41)37-14-13-36(17-19(37)4)26(40)6-2/h6-7,9-12,15-16,19,39H,2,5,8,13-14,17H2,1,3-4H3/t19-/m0/s1. The van der Waals surface area contributed by atoms with Crippen molar-refractivity contribution in [3.05, 3.63) is 87.6 Å². The molecule has 0 unspecified atom stereocenters. The molecule has 8 nitrogen and oxygen atoms in total. The van der Waals surface area contributed by atoms with Crippen molar-refractivity contribution < 1.29 is 14.3 Å². The van der Waals surface area contributed by atoms with E-state index in [1.165, 1.54) is 34.9 Å². The Labute approximate surface area is 242 Å². The van der Waals surface area contributed by atoms with Crippen molar-refractivity contribution in [2.45, 2.75) is 39.7 Å². The molecule has 0 bridgehead atoms. The Hall–Kier alpha value is -4.24. The number of carbonyl (C=O) groups excluding carboxylic acids is 1. The molecule has 5 rings (SSSR count). The van der Waals surface area contributed by atoms with Crippen LogP contribution in [0.2, 0.25) is 5.02 Å². The van der Waals surface area contributed by atoms with E-state index in [-0.39, 0.29) is 34.6 Å². The molecular formula is C31H31ClFN5O3. The van der Waals surface area contributed by atoms with Crippen LogP contribution in [-0.2, 0) is 11.2 Å². The average Bonchev–Trinajstić information content (AvgIpc) is 2.94. The SMILES string of the molecule is C=CC(=O)N1CCN(c2nc(=O)n(-c3c(C)cccc3CCC)c3nc(-c4cc(Cl)ccc4O)c(F)cc23)[C@@H](C)C1. The van der Waals surface area contributed by atoms with Gasteiger partial charge in [0.15, 0.2) is 11.5 Å². The lowest BCUT2D eigenvalue weighted by molar-refractivity contribution is -0.126. The Morgan fingerprint density at radius 2 is 2.00 bits per heavy atom. The number of aryl methyl sites for hydroxylation is 2. The van der Waals surface area contributed by atoms with Gasteiger partial charge in [0.05, 0.1) is 11.1 Å². The zero-order valence-electron chi connectivity index (χ0n) is 23.2. The van der Waals surface area contributed by atoms with Gasteiger partial charge in [0, 0.05) is 36.3 Å². The number of nitrogens with zero attached hydrogens (tertiary/aromatic N) is 5. The fraction of sp³-hybridized carbons (Fsp3) is 0.290. The van der Waals surface area contributed by atoms with E-state index < -0.39 is 11.5 Å². The van der Waals surface area contributed by atoms with Crippen molar-refractivity contribution in [2.75, 3.05) is 24.5 Å². The number of hydrogen-bond donors (Lipinski definition) is 1. The molecule has 2 aromatic carbocycles. The molecule has 3 heterocycles. The van der Waals surface area contributed by atoms with Gasteiger partial charge >= 0.3 is 5.69 Å². The number of phenols is 1. The number of phenolic OH excluding ortho intramolecular Hbond substituents is 1. The Balaban J connectivity index is 1.81. The minimum atomic E-state index is -0.699. The lowest BCUT2D eigenvalue weighted by Crippen LogP contribution is -2.54. The number of para-hydroxylation sites is 1. The van der Waals surface area contributed by atoms with Gasteiger partial charge in [-0.2, -0.15) is 4.98 Å². The first-order chi connectivity index (χ1) is 19.6. The number of aromatic hydroxyl groups is 1. The van der Waals surface area contributed by atoms with E-state index in [9.17, 15) is 14.7 Å². The fourth-order valence-corrected chi connectivity index (χ4v) is 5.70. The molecule has 0 radical (unpaired) electrons. The zero-order chi connectivity index (χ0) is 29.4. The second-order valence-electron chi connectivity index (χ2n) is 10.3. The molecule has 1 N–H and O–H groups in total. The van der Waals surface area contributed by atoms with Crippen LogP contribution in [-0.4, -0.2) is 56.1 Å². The lowest BCUT2D eigenvalue weighted by Gasteiger charge is -2.40. The van der Waals surface area contributed by atoms with Crippen LogP contribution in [0.5, 0.6) is 5.75 Å². The number of rotatable bonds is 6. The Bertz CT molecular complexity index is 1740. The van der Waals surface area contributed by atoms with Crippen LogP contribution in [0.25, 0.3) is 28.0 Å². The van der Waals surface area contributed by atoms with Crippen LogP contribution < -0.4 is 10.6 Å². The number of hydrogen-bond acceptors (Lipinski definition) is 6. The lowest BCUT2D eigenvalue weighted by atomic mass is 10.0. The maximum Gasteiger partial charge on any atom is 0.355 e. The third kappa shape index (κ3) is 5.17. The normalized spacial score (nSPS) is 15.4. The summed E-state index contributed by atoms with van der Waals surface area (Å²) in [6.07, 6.45) is 2.84. The molecule has 41 heavy (non-hydrogen) atoms. The minimum absolute atomic E-state index is 0.109. The number of amides is 1. The van der Waals surface area contributed by atoms with Gasteiger partial charge in [0.25, 0.3) is 0 Å². The van der Waals surface area contributed by atoms with Crippen LogP contribution in [0.4, 0.5) is 10.2 Å². The average molecular weight is 576 g/mol. The maximum absolute atomic E-state index is 15.9. The fourth-order valence-electron chi connectivity index (χ4n) is 5.53. The van der Waals surface area contributed by atoms with Crippen LogP contribution in [0.3, 0.4) is 0 Å². The van der Waals surface area contributed by atoms with Gasteiger partial charge in [-0.1, -0.05) is 49.7 Å². The minimum Gasteiger partial charge on any atom is -0.507 e. The van der Waals surface area contributed by atoms with Crippen molar-refractivity contribution >= 4 is 34.4 Å². The molecule has 1 amide bonds. The monoisotopic (exact) mass is 575 g/mol. The van der Waals surface area contributed by atoms with E-state index >= 15 is 4.39 Å². The first kappa shape index (κ1) is 28.3. The van der Waals surface area contributed by atoms with E-state index in [2.05, 4.69) is 23.5 Å². The Kier molecular flexibility index (Phi) is 7.82. The van der Waals surface area contributed by atoms with Crippen molar-refractivity contribution in [1.82, 2.24) is 19.4 Å². The van der Waals surface area contributed by atoms with Crippen LogP contribution in [0.1, 0.15) is 31.4 Å². The number of fused-ring (bicyclic) bond motifs is 1. The smallest absolute Gasteiger partial charge is 0.355 e. The molecule has 2 aromatic heterocycles. The molecular weight excluding hydrogens is 545 g/mol. The summed E-state index contributed by atoms with van der Waals surface area (Å²) in [5.41, 5.74) is 2.06. The summed E-state index contributed by atoms with van der Waals surface area (Å²) in [6, 6.07) is 11.2. The quantitative estimate of drug-likeness (QED) is 0.308. The molecule has 1 aliphatic rings. The zero-order valence-corrected chi connectivity index (χ0v) is 24.0. The summed E-state index contributed by atoms with van der Waals surface area (Å²) in [4.78, 5) is 38.9. The molecule has 1 fully saturated rings. The van der Waals surface area contributed by atoms with Crippen LogP contribution in [0, 0.1) is 12.7 Å². The predicted molar refractivity (Wildman–Crippen MR) is 160 cm³/mol. The van der Waals surface area contributed by atoms with Gasteiger partial charge in [-0.25, -0.2) is 18.7 Å². The highest BCUT2D eigenvalue weighted by Gasteiger charge is 2.30. The van der Waals surface area contributed by atoms with E-state index in [0.717, 1.165) is 17.5 Å². The Morgan fingerprint density at radius 3 is 2.71 bits per heavy atom. The van der Waals surface area contributed by atoms with Gasteiger partial charge in [-0.3, -0.25) is 4.79 Å². The van der Waals surface area contributed by atoms with Crippen molar-refractivity contribution in [1.29, 1.82) is 0 Å². The second-order valence-corrected chi connectivity index (χ2v) is 10.7. The molecule has 0 aliphatic carbocycles. The number of aromatic nitrogens is 3. The van der Waals surface area contributed by atoms with E-state index in [1.807, 2.05) is 36.9 Å². The maximum atomic E-state index is 15.9. The second kappa shape index (κ2) is 11.3. The number of piperazine rings is 1. The van der Waals surface area contributed by atoms with Crippen molar-refractivity contribution in [3.8, 4) is 22.7 Å². The third-order valence-electron chi connectivity index (χ3n) is 7.47. The van der Waals surface area contributed by atoms with Crippen LogP contribution in [0.15, 0.2) is 59.9 Å². The largest absolute Gasteiger partial charge is 0.507 e. The van der Waals surface area contributed by atoms with Gasteiger partial charge < -0.3 is 14.9 Å². The number of halogens is 2. The third-order valence-corrected chi connectivity index (χ3v) is 7.70. The van der Waals surface area contributed by atoms with Crippen molar-refractivity contribution in [3.63, 3.8) is 0 Å². The molecule has 1 atom stereocenters. The van der Waals surface area contributed by atoms with E-state index in [1.54, 1.807) is 4.90 Å². The van der Waals surface area contributed by atoms with Gasteiger partial charge in [0.2, 0.25) is 5.91 Å². The Morgan fingerprint density at radius 1 is 1.22 bits per heavy atom. The van der Waals surface area contributed by atoms with Gasteiger partial charge in [-0.15, -0.1) is 0 Å². The highest BCUT2D eigenvalue weighted by atomic mass is 35.5. The number of pyridine rings is 1. The summed E-state index contributed by atoms with van der Waals surface area (Å²) >= 11 is 6.19. The summed E-state index contributed by atoms with van der Waals surface area (Å²) in [7, 11) is 0. The highest BCUT2D eigenvalue weighted by molar-refractivity contribution is 6.31.